The molecule has 0 unspecified atom stereocenters. The van der Waals surface area contributed by atoms with Gasteiger partial charge in [-0.15, -0.1) is 0 Å². The molecule has 1 aromatic carbocycles. The predicted octanol–water partition coefficient (Wildman–Crippen LogP) is 1.70. The number of aliphatic carboxylic acids is 1. The fraction of sp³-hybridized carbons (Fsp3) is 0.214. The van der Waals surface area contributed by atoms with Gasteiger partial charge in [0.05, 0.1) is 17.1 Å². The Kier molecular flexibility index (Phi) is 3.42. The Morgan fingerprint density at radius 3 is 2.76 bits per heavy atom. The van der Waals surface area contributed by atoms with Crippen LogP contribution in [-0.2, 0) is 9.59 Å². The third-order valence-electron chi connectivity index (χ3n) is 3.19. The molecule has 1 aromatic heterocycles. The van der Waals surface area contributed by atoms with Crippen LogP contribution in [0, 0.1) is 6.92 Å². The number of benzene rings is 1. The van der Waals surface area contributed by atoms with Gasteiger partial charge in [-0.05, 0) is 19.1 Å². The summed E-state index contributed by atoms with van der Waals surface area (Å²) in [5.41, 5.74) is 2.14. The molecule has 2 aromatic rings. The van der Waals surface area contributed by atoms with Crippen LogP contribution in [0.2, 0.25) is 0 Å². The second-order valence-corrected chi connectivity index (χ2v) is 5.61. The number of carboxylic acid groups (broad SMARTS) is 1. The van der Waals surface area contributed by atoms with Gasteiger partial charge in [-0.25, -0.2) is 4.68 Å². The highest BCUT2D eigenvalue weighted by atomic mass is 32.2. The van der Waals surface area contributed by atoms with E-state index >= 15 is 0 Å². The SMILES string of the molecule is Cc1nn(-c2ccccc2)c2c1N(CC(=O)O)C(=O)CS2. The van der Waals surface area contributed by atoms with Crippen LogP contribution in [0.25, 0.3) is 5.69 Å². The Labute approximate surface area is 125 Å². The molecule has 7 heteroatoms. The zero-order chi connectivity index (χ0) is 15.0. The van der Waals surface area contributed by atoms with Gasteiger partial charge in [-0.2, -0.15) is 5.10 Å². The summed E-state index contributed by atoms with van der Waals surface area (Å²) < 4.78 is 1.76. The molecule has 0 fully saturated rings. The van der Waals surface area contributed by atoms with Crippen molar-refractivity contribution in [3.63, 3.8) is 0 Å². The van der Waals surface area contributed by atoms with E-state index in [0.29, 0.717) is 11.4 Å². The van der Waals surface area contributed by atoms with Crippen LogP contribution in [0.15, 0.2) is 35.4 Å². The third kappa shape index (κ3) is 2.40. The van der Waals surface area contributed by atoms with E-state index in [1.54, 1.807) is 11.6 Å². The second-order valence-electron chi connectivity index (χ2n) is 4.65. The molecule has 1 amide bonds. The lowest BCUT2D eigenvalue weighted by Crippen LogP contribution is -2.39. The Morgan fingerprint density at radius 2 is 2.10 bits per heavy atom. The normalized spacial score (nSPS) is 14.1. The predicted molar refractivity (Wildman–Crippen MR) is 79.0 cm³/mol. The number of hydrogen-bond donors (Lipinski definition) is 1. The first kappa shape index (κ1) is 13.7. The number of carbonyl (C=O) groups is 2. The molecule has 0 aliphatic carbocycles. The Hall–Kier alpha value is -2.28. The Balaban J connectivity index is 2.11. The third-order valence-corrected chi connectivity index (χ3v) is 4.22. The number of amides is 1. The summed E-state index contributed by atoms with van der Waals surface area (Å²) in [6.45, 7) is 1.44. The van der Waals surface area contributed by atoms with Crippen LogP contribution in [-0.4, -0.2) is 39.1 Å². The van der Waals surface area contributed by atoms with Gasteiger partial charge in [0.1, 0.15) is 17.3 Å². The summed E-state index contributed by atoms with van der Waals surface area (Å²) in [6, 6.07) is 9.58. The molecule has 108 valence electrons. The van der Waals surface area contributed by atoms with Crippen molar-refractivity contribution in [1.29, 1.82) is 0 Å². The molecule has 0 atom stereocenters. The molecule has 3 rings (SSSR count). The van der Waals surface area contributed by atoms with E-state index in [9.17, 15) is 9.59 Å². The Bertz CT molecular complexity index is 712. The number of aryl methyl sites for hydroxylation is 1. The first-order valence-corrected chi connectivity index (χ1v) is 7.36. The van der Waals surface area contributed by atoms with Crippen molar-refractivity contribution in [2.24, 2.45) is 0 Å². The lowest BCUT2D eigenvalue weighted by Gasteiger charge is -2.25. The van der Waals surface area contributed by atoms with E-state index in [-0.39, 0.29) is 18.2 Å². The van der Waals surface area contributed by atoms with Crippen molar-refractivity contribution in [2.45, 2.75) is 11.9 Å². The summed E-state index contributed by atoms with van der Waals surface area (Å²) in [5, 5.41) is 14.3. The van der Waals surface area contributed by atoms with Gasteiger partial charge < -0.3 is 5.11 Å². The smallest absolute Gasteiger partial charge is 0.323 e. The van der Waals surface area contributed by atoms with Crippen molar-refractivity contribution in [3.05, 3.63) is 36.0 Å². The van der Waals surface area contributed by atoms with Gasteiger partial charge in [-0.1, -0.05) is 30.0 Å². The molecule has 2 heterocycles. The van der Waals surface area contributed by atoms with Gasteiger partial charge in [0.25, 0.3) is 0 Å². The van der Waals surface area contributed by atoms with Crippen molar-refractivity contribution >= 4 is 29.3 Å². The topological polar surface area (TPSA) is 75.4 Å². The molecule has 0 bridgehead atoms. The number of para-hydroxylation sites is 1. The van der Waals surface area contributed by atoms with Gasteiger partial charge in [-0.3, -0.25) is 14.5 Å². The van der Waals surface area contributed by atoms with E-state index in [1.165, 1.54) is 16.7 Å². The number of rotatable bonds is 3. The number of carboxylic acids is 1. The summed E-state index contributed by atoms with van der Waals surface area (Å²) in [4.78, 5) is 24.3. The average molecular weight is 303 g/mol. The molecular weight excluding hydrogens is 290 g/mol. The van der Waals surface area contributed by atoms with Crippen molar-refractivity contribution in [1.82, 2.24) is 9.78 Å². The van der Waals surface area contributed by atoms with Crippen LogP contribution >= 0.6 is 11.8 Å². The maximum absolute atomic E-state index is 12.0. The number of fused-ring (bicyclic) bond motifs is 1. The molecule has 1 N–H and O–H groups in total. The molecule has 0 saturated carbocycles. The summed E-state index contributed by atoms with van der Waals surface area (Å²) in [7, 11) is 0. The average Bonchev–Trinajstić information content (AvgIpc) is 2.80. The number of carbonyl (C=O) groups excluding carboxylic acids is 1. The Morgan fingerprint density at radius 1 is 1.38 bits per heavy atom. The number of thioether (sulfide) groups is 1. The van der Waals surface area contributed by atoms with Crippen LogP contribution < -0.4 is 4.90 Å². The zero-order valence-electron chi connectivity index (χ0n) is 11.3. The highest BCUT2D eigenvalue weighted by molar-refractivity contribution is 8.00. The quantitative estimate of drug-likeness (QED) is 0.934. The summed E-state index contributed by atoms with van der Waals surface area (Å²) in [6.07, 6.45) is 0. The van der Waals surface area contributed by atoms with Crippen LogP contribution in [0.5, 0.6) is 0 Å². The minimum absolute atomic E-state index is 0.203. The van der Waals surface area contributed by atoms with Crippen molar-refractivity contribution in [3.8, 4) is 5.69 Å². The summed E-state index contributed by atoms with van der Waals surface area (Å²) >= 11 is 1.39. The number of anilines is 1. The molecule has 0 saturated heterocycles. The first-order chi connectivity index (χ1) is 10.1. The van der Waals surface area contributed by atoms with Crippen LogP contribution in [0.1, 0.15) is 5.69 Å². The molecule has 0 spiro atoms. The first-order valence-electron chi connectivity index (χ1n) is 6.38. The van der Waals surface area contributed by atoms with E-state index in [2.05, 4.69) is 5.10 Å². The monoisotopic (exact) mass is 303 g/mol. The minimum Gasteiger partial charge on any atom is -0.480 e. The van der Waals surface area contributed by atoms with Gasteiger partial charge >= 0.3 is 5.97 Å². The fourth-order valence-electron chi connectivity index (χ4n) is 2.32. The van der Waals surface area contributed by atoms with E-state index in [1.807, 2.05) is 30.3 Å². The molecule has 1 aliphatic rings. The lowest BCUT2D eigenvalue weighted by atomic mass is 10.3. The molecule has 6 nitrogen and oxygen atoms in total. The van der Waals surface area contributed by atoms with Crippen molar-refractivity contribution < 1.29 is 14.7 Å². The van der Waals surface area contributed by atoms with Crippen LogP contribution in [0.3, 0.4) is 0 Å². The molecule has 1 aliphatic heterocycles. The second kappa shape index (κ2) is 5.25. The van der Waals surface area contributed by atoms with Gasteiger partial charge in [0, 0.05) is 0 Å². The fourth-order valence-corrected chi connectivity index (χ4v) is 3.40. The highest BCUT2D eigenvalue weighted by Gasteiger charge is 2.32. The van der Waals surface area contributed by atoms with E-state index in [0.717, 1.165) is 10.7 Å². The standard InChI is InChI=1S/C14H13N3O3S/c1-9-13-14(17(15-9)10-5-3-2-4-6-10)21-8-11(18)16(13)7-12(19)20/h2-6H,7-8H2,1H3,(H,19,20). The molecular formula is C14H13N3O3S. The maximum atomic E-state index is 12.0. The lowest BCUT2D eigenvalue weighted by molar-refractivity contribution is -0.136. The zero-order valence-corrected chi connectivity index (χ0v) is 12.1. The van der Waals surface area contributed by atoms with E-state index in [4.69, 9.17) is 5.11 Å². The van der Waals surface area contributed by atoms with Crippen LogP contribution in [0.4, 0.5) is 5.69 Å². The maximum Gasteiger partial charge on any atom is 0.323 e. The van der Waals surface area contributed by atoms with E-state index < -0.39 is 5.97 Å². The van der Waals surface area contributed by atoms with Gasteiger partial charge in [0.2, 0.25) is 5.91 Å². The molecule has 0 radical (unpaired) electrons. The van der Waals surface area contributed by atoms with Crippen molar-refractivity contribution in [2.75, 3.05) is 17.2 Å². The highest BCUT2D eigenvalue weighted by Crippen LogP contribution is 2.39. The molecule has 21 heavy (non-hydrogen) atoms. The number of nitrogens with zero attached hydrogens (tertiary/aromatic N) is 3. The van der Waals surface area contributed by atoms with Gasteiger partial charge in [0.15, 0.2) is 0 Å². The minimum atomic E-state index is -1.03. The largest absolute Gasteiger partial charge is 0.480 e. The number of aromatic nitrogens is 2. The summed E-state index contributed by atoms with van der Waals surface area (Å²) in [5.74, 6) is -1.02. The number of hydrogen-bond acceptors (Lipinski definition) is 4.